The molecule has 6 nitrogen and oxygen atoms in total. The number of amides is 1. The van der Waals surface area contributed by atoms with Gasteiger partial charge in [0.2, 0.25) is 5.91 Å². The molecule has 0 radical (unpaired) electrons. The number of rotatable bonds is 7. The van der Waals surface area contributed by atoms with Gasteiger partial charge in [0.1, 0.15) is 0 Å². The highest BCUT2D eigenvalue weighted by molar-refractivity contribution is 7.99. The molecule has 34 heavy (non-hydrogen) atoms. The molecule has 0 aliphatic carbocycles. The molecule has 3 aromatic carbocycles. The van der Waals surface area contributed by atoms with E-state index in [1.807, 2.05) is 42.5 Å². The van der Waals surface area contributed by atoms with Gasteiger partial charge >= 0.3 is 0 Å². The van der Waals surface area contributed by atoms with Crippen LogP contribution in [0.25, 0.3) is 16.6 Å². The second kappa shape index (κ2) is 10.1. The van der Waals surface area contributed by atoms with Crippen molar-refractivity contribution in [1.29, 1.82) is 0 Å². The molecular formula is C27H25N3O3S. The van der Waals surface area contributed by atoms with Crippen molar-refractivity contribution in [2.75, 3.05) is 11.1 Å². The van der Waals surface area contributed by atoms with E-state index < -0.39 is 0 Å². The van der Waals surface area contributed by atoms with E-state index in [1.165, 1.54) is 18.7 Å². The maximum atomic E-state index is 13.6. The molecule has 0 saturated carbocycles. The molecule has 0 bridgehead atoms. The first kappa shape index (κ1) is 23.4. The Morgan fingerprint density at radius 3 is 2.35 bits per heavy atom. The minimum atomic E-state index is -0.170. The lowest BCUT2D eigenvalue weighted by Crippen LogP contribution is -2.23. The van der Waals surface area contributed by atoms with Crippen molar-refractivity contribution in [3.63, 3.8) is 0 Å². The monoisotopic (exact) mass is 471 g/mol. The Hall–Kier alpha value is -3.71. The molecule has 0 saturated heterocycles. The number of anilines is 1. The smallest absolute Gasteiger partial charge is 0.266 e. The summed E-state index contributed by atoms with van der Waals surface area (Å²) in [4.78, 5) is 42.4. The maximum absolute atomic E-state index is 13.6. The topological polar surface area (TPSA) is 81.1 Å². The summed E-state index contributed by atoms with van der Waals surface area (Å²) in [6.07, 6.45) is 0. The molecule has 0 spiro atoms. The number of ketones is 1. The fourth-order valence-corrected chi connectivity index (χ4v) is 4.66. The van der Waals surface area contributed by atoms with Gasteiger partial charge in [0.15, 0.2) is 10.9 Å². The molecule has 1 N–H and O–H groups in total. The highest BCUT2D eigenvalue weighted by atomic mass is 32.2. The molecule has 1 heterocycles. The fraction of sp³-hybridized carbons (Fsp3) is 0.185. The maximum Gasteiger partial charge on any atom is 0.266 e. The lowest BCUT2D eigenvalue weighted by molar-refractivity contribution is -0.114. The van der Waals surface area contributed by atoms with Crippen LogP contribution >= 0.6 is 11.8 Å². The summed E-state index contributed by atoms with van der Waals surface area (Å²) in [7, 11) is 0. The second-order valence-electron chi connectivity index (χ2n) is 8.24. The summed E-state index contributed by atoms with van der Waals surface area (Å²) in [5.74, 6) is 0.0620. The molecule has 0 atom stereocenters. The summed E-state index contributed by atoms with van der Waals surface area (Å²) in [6, 6.07) is 21.8. The number of fused-ring (bicyclic) bond motifs is 1. The Labute approximate surface area is 202 Å². The first-order valence-corrected chi connectivity index (χ1v) is 12.0. The molecule has 7 heteroatoms. The van der Waals surface area contributed by atoms with Gasteiger partial charge in [-0.15, -0.1) is 0 Å². The quantitative estimate of drug-likeness (QED) is 0.220. The highest BCUT2D eigenvalue weighted by Gasteiger charge is 2.18. The van der Waals surface area contributed by atoms with E-state index in [0.717, 1.165) is 11.3 Å². The molecule has 0 aliphatic heterocycles. The molecular weight excluding hydrogens is 446 g/mol. The fourth-order valence-electron chi connectivity index (χ4n) is 3.76. The zero-order valence-corrected chi connectivity index (χ0v) is 20.1. The molecule has 4 aromatic rings. The van der Waals surface area contributed by atoms with Crippen LogP contribution < -0.4 is 10.9 Å². The van der Waals surface area contributed by atoms with Gasteiger partial charge in [-0.2, -0.15) is 0 Å². The molecule has 4 rings (SSSR count). The van der Waals surface area contributed by atoms with Crippen molar-refractivity contribution in [1.82, 2.24) is 9.55 Å². The number of para-hydroxylation sites is 2. The number of thioether (sulfide) groups is 1. The number of nitrogens with one attached hydrogen (secondary N) is 1. The largest absolute Gasteiger partial charge is 0.326 e. The number of benzene rings is 3. The third-order valence-corrected chi connectivity index (χ3v) is 6.34. The normalized spacial score (nSPS) is 11.1. The van der Waals surface area contributed by atoms with Crippen molar-refractivity contribution >= 4 is 40.0 Å². The van der Waals surface area contributed by atoms with E-state index in [-0.39, 0.29) is 28.9 Å². The van der Waals surface area contributed by atoms with Crippen LogP contribution in [-0.2, 0) is 4.79 Å². The van der Waals surface area contributed by atoms with E-state index in [9.17, 15) is 14.4 Å². The van der Waals surface area contributed by atoms with Gasteiger partial charge in [0.05, 0.1) is 22.3 Å². The first-order valence-electron chi connectivity index (χ1n) is 11.0. The Kier molecular flexibility index (Phi) is 6.93. The van der Waals surface area contributed by atoms with Crippen LogP contribution in [-0.4, -0.2) is 27.0 Å². The van der Waals surface area contributed by atoms with Gasteiger partial charge in [-0.25, -0.2) is 4.98 Å². The number of hydrogen-bond donors (Lipinski definition) is 1. The number of carbonyl (C=O) groups is 2. The Morgan fingerprint density at radius 2 is 1.65 bits per heavy atom. The SMILES string of the molecule is CC(=O)Nc1ccc(C(=O)CSc2nc3ccccc3c(=O)n2-c2ccccc2C(C)C)cc1. The van der Waals surface area contributed by atoms with Crippen molar-refractivity contribution < 1.29 is 9.59 Å². The number of Topliss-reactive ketones (excluding diaryl/α,β-unsaturated/α-hetero) is 1. The minimum Gasteiger partial charge on any atom is -0.326 e. The predicted octanol–water partition coefficient (Wildman–Crippen LogP) is 5.44. The number of hydrogen-bond acceptors (Lipinski definition) is 5. The van der Waals surface area contributed by atoms with Crippen molar-refractivity contribution in [2.24, 2.45) is 0 Å². The van der Waals surface area contributed by atoms with Crippen LogP contribution in [0.3, 0.4) is 0 Å². The van der Waals surface area contributed by atoms with Crippen molar-refractivity contribution in [3.05, 3.63) is 94.3 Å². The van der Waals surface area contributed by atoms with Crippen LogP contribution in [0.2, 0.25) is 0 Å². The van der Waals surface area contributed by atoms with Gasteiger partial charge < -0.3 is 5.32 Å². The molecule has 0 aliphatic rings. The van der Waals surface area contributed by atoms with Crippen LogP contribution in [0.5, 0.6) is 0 Å². The Bertz CT molecular complexity index is 1430. The lowest BCUT2D eigenvalue weighted by Gasteiger charge is -2.18. The van der Waals surface area contributed by atoms with E-state index in [4.69, 9.17) is 4.98 Å². The van der Waals surface area contributed by atoms with Gasteiger partial charge in [-0.1, -0.05) is 55.9 Å². The predicted molar refractivity (Wildman–Crippen MR) is 137 cm³/mol. The van der Waals surface area contributed by atoms with Gasteiger partial charge in [-0.3, -0.25) is 19.0 Å². The average Bonchev–Trinajstić information content (AvgIpc) is 2.83. The summed E-state index contributed by atoms with van der Waals surface area (Å²) < 4.78 is 1.62. The molecule has 1 amide bonds. The lowest BCUT2D eigenvalue weighted by atomic mass is 10.0. The standard InChI is InChI=1S/C27H25N3O3S/c1-17(2)21-8-5-7-11-24(21)30-26(33)22-9-4-6-10-23(22)29-27(30)34-16-25(32)19-12-14-20(15-13-19)28-18(3)31/h4-15,17H,16H2,1-3H3,(H,28,31). The van der Waals surface area contributed by atoms with Gasteiger partial charge in [-0.05, 0) is 53.9 Å². The molecule has 1 aromatic heterocycles. The number of aromatic nitrogens is 2. The summed E-state index contributed by atoms with van der Waals surface area (Å²) >= 11 is 1.24. The van der Waals surface area contributed by atoms with Gasteiger partial charge in [0, 0.05) is 18.2 Å². The van der Waals surface area contributed by atoms with Crippen molar-refractivity contribution in [3.8, 4) is 5.69 Å². The van der Waals surface area contributed by atoms with E-state index >= 15 is 0 Å². The van der Waals surface area contributed by atoms with E-state index in [0.29, 0.717) is 27.3 Å². The summed E-state index contributed by atoms with van der Waals surface area (Å²) in [5, 5.41) is 3.69. The number of carbonyl (C=O) groups excluding carboxylic acids is 2. The summed E-state index contributed by atoms with van der Waals surface area (Å²) in [6.45, 7) is 5.60. The van der Waals surface area contributed by atoms with E-state index in [1.54, 1.807) is 34.9 Å². The zero-order chi connectivity index (χ0) is 24.2. The third-order valence-electron chi connectivity index (χ3n) is 5.40. The van der Waals surface area contributed by atoms with Gasteiger partial charge in [0.25, 0.3) is 5.56 Å². The van der Waals surface area contributed by atoms with Crippen LogP contribution in [0, 0.1) is 0 Å². The second-order valence-corrected chi connectivity index (χ2v) is 9.18. The Morgan fingerprint density at radius 1 is 0.971 bits per heavy atom. The molecule has 0 unspecified atom stereocenters. The van der Waals surface area contributed by atoms with Crippen LogP contribution in [0.15, 0.2) is 82.7 Å². The van der Waals surface area contributed by atoms with Crippen molar-refractivity contribution in [2.45, 2.75) is 31.8 Å². The van der Waals surface area contributed by atoms with Crippen LogP contribution in [0.1, 0.15) is 42.6 Å². The minimum absolute atomic E-state index is 0.0922. The first-order chi connectivity index (χ1) is 16.3. The number of nitrogens with zero attached hydrogens (tertiary/aromatic N) is 2. The molecule has 0 fully saturated rings. The Balaban J connectivity index is 1.71. The highest BCUT2D eigenvalue weighted by Crippen LogP contribution is 2.27. The summed E-state index contributed by atoms with van der Waals surface area (Å²) in [5.41, 5.74) is 3.40. The van der Waals surface area contributed by atoms with E-state index in [2.05, 4.69) is 19.2 Å². The average molecular weight is 472 g/mol. The third kappa shape index (κ3) is 4.94. The molecule has 172 valence electrons. The zero-order valence-electron chi connectivity index (χ0n) is 19.2. The van der Waals surface area contributed by atoms with Crippen LogP contribution in [0.4, 0.5) is 5.69 Å².